The molecule has 3 aromatic carbocycles. The van der Waals surface area contributed by atoms with Crippen LogP contribution >= 0.6 is 23.4 Å². The number of amidine groups is 1. The Balaban J connectivity index is 1.75. The van der Waals surface area contributed by atoms with Crippen LogP contribution in [0.3, 0.4) is 0 Å². The Kier molecular flexibility index (Phi) is 9.17. The minimum Gasteiger partial charge on any atom is -0.490 e. The Labute approximate surface area is 233 Å². The molecular weight excluding hydrogens is 516 g/mol. The molecule has 194 valence electrons. The minimum absolute atomic E-state index is 0.0689. The summed E-state index contributed by atoms with van der Waals surface area (Å²) in [5, 5.41) is 0.935. The van der Waals surface area contributed by atoms with E-state index in [1.54, 1.807) is 23.1 Å². The van der Waals surface area contributed by atoms with Gasteiger partial charge in [0.25, 0.3) is 5.91 Å². The van der Waals surface area contributed by atoms with Crippen LogP contribution in [0, 0.1) is 12.3 Å². The number of hydrogen-bond donors (Lipinski definition) is 0. The van der Waals surface area contributed by atoms with Crippen LogP contribution < -0.4 is 14.4 Å². The number of carbonyl (C=O) groups is 1. The van der Waals surface area contributed by atoms with Crippen LogP contribution in [-0.2, 0) is 17.6 Å². The van der Waals surface area contributed by atoms with Crippen molar-refractivity contribution in [1.82, 2.24) is 0 Å². The molecule has 1 heterocycles. The molecule has 0 aromatic heterocycles. The highest BCUT2D eigenvalue weighted by Crippen LogP contribution is 2.41. The van der Waals surface area contributed by atoms with E-state index < -0.39 is 0 Å². The number of thioether (sulfide) groups is 1. The second-order valence-electron chi connectivity index (χ2n) is 8.44. The van der Waals surface area contributed by atoms with E-state index in [9.17, 15) is 4.79 Å². The van der Waals surface area contributed by atoms with Gasteiger partial charge in [-0.05, 0) is 90.7 Å². The molecule has 3 aromatic rings. The van der Waals surface area contributed by atoms with Crippen molar-refractivity contribution in [2.24, 2.45) is 4.99 Å². The standard InChI is InChI=1S/C31H29ClN2O3S/c1-5-17-37-29-26(32)18-23(19-27(29)36-8-4)20-28-30(35)34(25-15-11-22(7-3)12-16-25)31(38-28)33-24-13-9-21(6-2)10-14-24/h1,9-16,18-20H,6-8,17H2,2-4H3/b28-20-,33-31?. The Hall–Kier alpha value is -3.66. The van der Waals surface area contributed by atoms with E-state index >= 15 is 0 Å². The number of aliphatic imine (C=N–C) groups is 1. The molecule has 0 atom stereocenters. The molecule has 5 nitrogen and oxygen atoms in total. The molecule has 0 spiro atoms. The van der Waals surface area contributed by atoms with Gasteiger partial charge in [-0.15, -0.1) is 6.42 Å². The highest BCUT2D eigenvalue weighted by molar-refractivity contribution is 8.19. The lowest BCUT2D eigenvalue weighted by Gasteiger charge is -2.16. The normalized spacial score (nSPS) is 15.2. The lowest BCUT2D eigenvalue weighted by Crippen LogP contribution is -2.28. The molecule has 0 bridgehead atoms. The van der Waals surface area contributed by atoms with Crippen LogP contribution in [-0.4, -0.2) is 24.3 Å². The fourth-order valence-corrected chi connectivity index (χ4v) is 5.19. The molecule has 1 saturated heterocycles. The van der Waals surface area contributed by atoms with E-state index in [-0.39, 0.29) is 12.5 Å². The molecular formula is C31H29ClN2O3S. The Morgan fingerprint density at radius 1 is 1.00 bits per heavy atom. The summed E-state index contributed by atoms with van der Waals surface area (Å²) in [6.45, 7) is 6.58. The SMILES string of the molecule is C#CCOc1c(Cl)cc(/C=C2\SC(=Nc3ccc(CC)cc3)N(c3ccc(CC)cc3)C2=O)cc1OCC. The zero-order valence-electron chi connectivity index (χ0n) is 21.7. The second-order valence-corrected chi connectivity index (χ2v) is 9.86. The summed E-state index contributed by atoms with van der Waals surface area (Å²) in [7, 11) is 0. The molecule has 1 aliphatic rings. The summed E-state index contributed by atoms with van der Waals surface area (Å²) in [6.07, 6.45) is 9.00. The van der Waals surface area contributed by atoms with Crippen molar-refractivity contribution in [3.63, 3.8) is 0 Å². The van der Waals surface area contributed by atoms with E-state index in [1.165, 1.54) is 22.9 Å². The van der Waals surface area contributed by atoms with Crippen LogP contribution in [0.2, 0.25) is 5.02 Å². The number of amides is 1. The van der Waals surface area contributed by atoms with E-state index in [0.717, 1.165) is 24.2 Å². The topological polar surface area (TPSA) is 51.1 Å². The molecule has 4 rings (SSSR count). The number of ether oxygens (including phenoxy) is 2. The Morgan fingerprint density at radius 2 is 1.66 bits per heavy atom. The van der Waals surface area contributed by atoms with Gasteiger partial charge in [-0.25, -0.2) is 4.99 Å². The van der Waals surface area contributed by atoms with Crippen molar-refractivity contribution >= 4 is 51.9 Å². The van der Waals surface area contributed by atoms with Gasteiger partial charge in [0, 0.05) is 0 Å². The number of terminal acetylenes is 1. The average molecular weight is 545 g/mol. The van der Waals surface area contributed by atoms with Gasteiger partial charge in [0.1, 0.15) is 6.61 Å². The van der Waals surface area contributed by atoms with Gasteiger partial charge in [0.05, 0.1) is 27.9 Å². The van der Waals surface area contributed by atoms with Gasteiger partial charge in [-0.2, -0.15) is 0 Å². The molecule has 1 fully saturated rings. The van der Waals surface area contributed by atoms with Gasteiger partial charge < -0.3 is 9.47 Å². The van der Waals surface area contributed by atoms with Gasteiger partial charge in [0.15, 0.2) is 16.7 Å². The number of rotatable bonds is 9. The predicted molar refractivity (Wildman–Crippen MR) is 159 cm³/mol. The average Bonchev–Trinajstić information content (AvgIpc) is 3.22. The zero-order chi connectivity index (χ0) is 27.1. The fourth-order valence-electron chi connectivity index (χ4n) is 3.91. The smallest absolute Gasteiger partial charge is 0.271 e. The Bertz CT molecular complexity index is 1410. The third-order valence-corrected chi connectivity index (χ3v) is 7.16. The zero-order valence-corrected chi connectivity index (χ0v) is 23.2. The maximum Gasteiger partial charge on any atom is 0.271 e. The maximum absolute atomic E-state index is 13.7. The van der Waals surface area contributed by atoms with E-state index in [4.69, 9.17) is 32.5 Å². The molecule has 0 unspecified atom stereocenters. The van der Waals surface area contributed by atoms with Gasteiger partial charge in [-0.1, -0.05) is 55.6 Å². The van der Waals surface area contributed by atoms with Crippen LogP contribution in [0.15, 0.2) is 70.6 Å². The highest BCUT2D eigenvalue weighted by atomic mass is 35.5. The fraction of sp³-hybridized carbons (Fsp3) is 0.226. The molecule has 0 N–H and O–H groups in total. The van der Waals surface area contributed by atoms with E-state index in [1.807, 2.05) is 43.3 Å². The quantitative estimate of drug-likeness (QED) is 0.205. The number of aryl methyl sites for hydroxylation is 2. The largest absolute Gasteiger partial charge is 0.490 e. The monoisotopic (exact) mass is 544 g/mol. The van der Waals surface area contributed by atoms with Crippen LogP contribution in [0.1, 0.15) is 37.5 Å². The van der Waals surface area contributed by atoms with Crippen molar-refractivity contribution < 1.29 is 14.3 Å². The second kappa shape index (κ2) is 12.7. The van der Waals surface area contributed by atoms with E-state index in [2.05, 4.69) is 31.9 Å². The van der Waals surface area contributed by atoms with Crippen molar-refractivity contribution in [3.8, 4) is 23.8 Å². The first-order chi connectivity index (χ1) is 18.5. The molecule has 1 amide bonds. The summed E-state index contributed by atoms with van der Waals surface area (Å²) < 4.78 is 11.3. The first-order valence-electron chi connectivity index (χ1n) is 12.5. The molecule has 0 radical (unpaired) electrons. The minimum atomic E-state index is -0.162. The highest BCUT2D eigenvalue weighted by Gasteiger charge is 2.35. The molecule has 38 heavy (non-hydrogen) atoms. The third kappa shape index (κ3) is 6.24. The lowest BCUT2D eigenvalue weighted by molar-refractivity contribution is -0.113. The summed E-state index contributed by atoms with van der Waals surface area (Å²) >= 11 is 7.83. The third-order valence-electron chi connectivity index (χ3n) is 5.91. The number of benzene rings is 3. The number of hydrogen-bond acceptors (Lipinski definition) is 5. The van der Waals surface area contributed by atoms with Crippen molar-refractivity contribution in [3.05, 3.63) is 87.3 Å². The number of halogens is 1. The molecule has 0 saturated carbocycles. The number of carbonyl (C=O) groups excluding carboxylic acids is 1. The predicted octanol–water partition coefficient (Wildman–Crippen LogP) is 7.68. The van der Waals surface area contributed by atoms with Crippen molar-refractivity contribution in [2.75, 3.05) is 18.1 Å². The van der Waals surface area contributed by atoms with E-state index in [0.29, 0.717) is 38.8 Å². The first-order valence-corrected chi connectivity index (χ1v) is 13.7. The molecule has 1 aliphatic heterocycles. The summed E-state index contributed by atoms with van der Waals surface area (Å²) in [5.74, 6) is 3.12. The first kappa shape index (κ1) is 27.4. The van der Waals surface area contributed by atoms with Gasteiger partial charge in [0.2, 0.25) is 0 Å². The summed E-state index contributed by atoms with van der Waals surface area (Å²) in [6, 6.07) is 19.6. The Morgan fingerprint density at radius 3 is 2.26 bits per heavy atom. The van der Waals surface area contributed by atoms with Crippen molar-refractivity contribution in [1.29, 1.82) is 0 Å². The molecule has 0 aliphatic carbocycles. The number of nitrogens with zero attached hydrogens (tertiary/aromatic N) is 2. The van der Waals surface area contributed by atoms with Crippen LogP contribution in [0.25, 0.3) is 6.08 Å². The van der Waals surface area contributed by atoms with Gasteiger partial charge in [-0.3, -0.25) is 9.69 Å². The van der Waals surface area contributed by atoms with Crippen LogP contribution in [0.4, 0.5) is 11.4 Å². The summed E-state index contributed by atoms with van der Waals surface area (Å²) in [4.78, 5) is 20.7. The van der Waals surface area contributed by atoms with Crippen molar-refractivity contribution in [2.45, 2.75) is 33.6 Å². The number of anilines is 1. The maximum atomic E-state index is 13.7. The van der Waals surface area contributed by atoms with Crippen LogP contribution in [0.5, 0.6) is 11.5 Å². The molecule has 7 heteroatoms. The summed E-state index contributed by atoms with van der Waals surface area (Å²) in [5.41, 5.74) is 4.68. The lowest BCUT2D eigenvalue weighted by atomic mass is 10.1. The van der Waals surface area contributed by atoms with Gasteiger partial charge >= 0.3 is 0 Å².